The zero-order valence-corrected chi connectivity index (χ0v) is 7.54. The number of nitrogens with zero attached hydrogens (tertiary/aromatic N) is 1. The second kappa shape index (κ2) is 4.04. The average Bonchev–Trinajstić information content (AvgIpc) is 2.34. The molecule has 11 heavy (non-hydrogen) atoms. The maximum atomic E-state index is 5.33. The molecule has 0 N–H and O–H groups in total. The molecule has 1 aliphatic rings. The Morgan fingerprint density at radius 2 is 2.18 bits per heavy atom. The third kappa shape index (κ3) is 1.92. The Balaban J connectivity index is 2.42. The Hall–Kier alpha value is -0.120. The van der Waals surface area contributed by atoms with Gasteiger partial charge in [0.05, 0.1) is 18.8 Å². The number of likely N-dealkylation sites (N-methyl/N-ethyl adjacent to an activating group) is 1. The normalized spacial score (nSPS) is 33.0. The van der Waals surface area contributed by atoms with E-state index < -0.39 is 0 Å². The summed E-state index contributed by atoms with van der Waals surface area (Å²) in [6.45, 7) is 1.89. The van der Waals surface area contributed by atoms with Crippen molar-refractivity contribution in [1.29, 1.82) is 0 Å². The van der Waals surface area contributed by atoms with Gasteiger partial charge >= 0.3 is 0 Å². The molecule has 0 aromatic rings. The van der Waals surface area contributed by atoms with Crippen LogP contribution < -0.4 is 0 Å². The molecule has 0 unspecified atom stereocenters. The van der Waals surface area contributed by atoms with Crippen LogP contribution in [0.3, 0.4) is 0 Å². The molecule has 2 atom stereocenters. The van der Waals surface area contributed by atoms with Crippen molar-refractivity contribution in [2.75, 3.05) is 34.4 Å². The third-order valence-electron chi connectivity index (χ3n) is 2.40. The quantitative estimate of drug-likeness (QED) is 0.593. The molecule has 1 saturated heterocycles. The van der Waals surface area contributed by atoms with Crippen LogP contribution in [-0.2, 0) is 9.47 Å². The van der Waals surface area contributed by atoms with Gasteiger partial charge in [-0.3, -0.25) is 4.90 Å². The Bertz CT molecular complexity index is 119. The predicted molar refractivity (Wildman–Crippen MR) is 43.7 cm³/mol. The summed E-state index contributed by atoms with van der Waals surface area (Å²) in [6, 6.07) is 0.449. The van der Waals surface area contributed by atoms with E-state index >= 15 is 0 Å². The molecule has 66 valence electrons. The lowest BCUT2D eigenvalue weighted by Crippen LogP contribution is -2.37. The highest BCUT2D eigenvalue weighted by Gasteiger charge is 2.31. The molecule has 0 aromatic heterocycles. The maximum absolute atomic E-state index is 5.33. The zero-order chi connectivity index (χ0) is 8.27. The number of likely N-dealkylation sites (tertiary alicyclic amines) is 1. The number of rotatable bonds is 3. The molecule has 1 fully saturated rings. The van der Waals surface area contributed by atoms with Crippen LogP contribution in [0.5, 0.6) is 0 Å². The number of hydrogen-bond donors (Lipinski definition) is 0. The first kappa shape index (κ1) is 8.97. The lowest BCUT2D eigenvalue weighted by Gasteiger charge is -2.22. The highest BCUT2D eigenvalue weighted by atomic mass is 16.5. The molecule has 0 spiro atoms. The fourth-order valence-corrected chi connectivity index (χ4v) is 1.65. The minimum atomic E-state index is 0.361. The van der Waals surface area contributed by atoms with E-state index in [9.17, 15) is 0 Å². The van der Waals surface area contributed by atoms with Crippen LogP contribution in [0.1, 0.15) is 6.42 Å². The third-order valence-corrected chi connectivity index (χ3v) is 2.40. The summed E-state index contributed by atoms with van der Waals surface area (Å²) < 4.78 is 10.4. The highest BCUT2D eigenvalue weighted by molar-refractivity contribution is 4.85. The molecule has 1 rings (SSSR count). The summed E-state index contributed by atoms with van der Waals surface area (Å²) in [5.41, 5.74) is 0. The SMILES string of the molecule is COC[C@@H]1[C@@H](OC)CCN1C. The molecule has 0 radical (unpaired) electrons. The van der Waals surface area contributed by atoms with Gasteiger partial charge in [-0.2, -0.15) is 0 Å². The average molecular weight is 159 g/mol. The van der Waals surface area contributed by atoms with Crippen molar-refractivity contribution in [2.45, 2.75) is 18.6 Å². The lowest BCUT2D eigenvalue weighted by atomic mass is 10.2. The van der Waals surface area contributed by atoms with Crippen molar-refractivity contribution in [1.82, 2.24) is 4.90 Å². The summed E-state index contributed by atoms with van der Waals surface area (Å²) in [5.74, 6) is 0. The van der Waals surface area contributed by atoms with Crippen LogP contribution in [0.4, 0.5) is 0 Å². The first-order chi connectivity index (χ1) is 5.29. The Labute approximate surface area is 68.3 Å². The highest BCUT2D eigenvalue weighted by Crippen LogP contribution is 2.18. The molecular weight excluding hydrogens is 142 g/mol. The van der Waals surface area contributed by atoms with Crippen molar-refractivity contribution in [3.8, 4) is 0 Å². The molecule has 1 aliphatic heterocycles. The Kier molecular flexibility index (Phi) is 3.30. The van der Waals surface area contributed by atoms with Crippen molar-refractivity contribution in [3.05, 3.63) is 0 Å². The molecule has 0 aliphatic carbocycles. The van der Waals surface area contributed by atoms with E-state index in [2.05, 4.69) is 11.9 Å². The molecule has 3 heteroatoms. The van der Waals surface area contributed by atoms with E-state index in [-0.39, 0.29) is 0 Å². The van der Waals surface area contributed by atoms with Crippen molar-refractivity contribution >= 4 is 0 Å². The molecule has 1 heterocycles. The first-order valence-corrected chi connectivity index (χ1v) is 4.01. The lowest BCUT2D eigenvalue weighted by molar-refractivity contribution is 0.0310. The number of ether oxygens (including phenoxy) is 2. The Morgan fingerprint density at radius 1 is 1.45 bits per heavy atom. The van der Waals surface area contributed by atoms with Gasteiger partial charge in [0.1, 0.15) is 0 Å². The van der Waals surface area contributed by atoms with E-state index in [0.29, 0.717) is 12.1 Å². The van der Waals surface area contributed by atoms with E-state index in [0.717, 1.165) is 19.6 Å². The molecule has 0 aromatic carbocycles. The van der Waals surface area contributed by atoms with Gasteiger partial charge in [0.2, 0.25) is 0 Å². The van der Waals surface area contributed by atoms with Crippen LogP contribution >= 0.6 is 0 Å². The minimum Gasteiger partial charge on any atom is -0.383 e. The van der Waals surface area contributed by atoms with Crippen molar-refractivity contribution in [3.63, 3.8) is 0 Å². The largest absolute Gasteiger partial charge is 0.383 e. The molecule has 0 bridgehead atoms. The second-order valence-corrected chi connectivity index (χ2v) is 3.07. The van der Waals surface area contributed by atoms with Crippen LogP contribution in [0.25, 0.3) is 0 Å². The fraction of sp³-hybridized carbons (Fsp3) is 1.00. The first-order valence-electron chi connectivity index (χ1n) is 4.01. The van der Waals surface area contributed by atoms with Crippen LogP contribution in [0, 0.1) is 0 Å². The van der Waals surface area contributed by atoms with E-state index in [1.165, 1.54) is 0 Å². The number of methoxy groups -OCH3 is 2. The second-order valence-electron chi connectivity index (χ2n) is 3.07. The fourth-order valence-electron chi connectivity index (χ4n) is 1.65. The molecule has 3 nitrogen and oxygen atoms in total. The van der Waals surface area contributed by atoms with Crippen LogP contribution in [0.15, 0.2) is 0 Å². The number of hydrogen-bond acceptors (Lipinski definition) is 3. The topological polar surface area (TPSA) is 21.7 Å². The van der Waals surface area contributed by atoms with Gasteiger partial charge < -0.3 is 9.47 Å². The minimum absolute atomic E-state index is 0.361. The van der Waals surface area contributed by atoms with Gasteiger partial charge in [0.15, 0.2) is 0 Å². The summed E-state index contributed by atoms with van der Waals surface area (Å²) in [7, 11) is 5.62. The van der Waals surface area contributed by atoms with Gasteiger partial charge in [-0.15, -0.1) is 0 Å². The summed E-state index contributed by atoms with van der Waals surface area (Å²) >= 11 is 0. The van der Waals surface area contributed by atoms with E-state index in [1.807, 2.05) is 0 Å². The standard InChI is InChI=1S/C8H17NO2/c1-9-5-4-8(11-3)7(9)6-10-2/h7-8H,4-6H2,1-3H3/t7-,8+/m1/s1. The van der Waals surface area contributed by atoms with Gasteiger partial charge in [0, 0.05) is 20.8 Å². The molecule has 0 saturated carbocycles. The summed E-state index contributed by atoms with van der Waals surface area (Å²) in [6.07, 6.45) is 1.49. The van der Waals surface area contributed by atoms with Gasteiger partial charge in [-0.05, 0) is 13.5 Å². The summed E-state index contributed by atoms with van der Waals surface area (Å²) in [5, 5.41) is 0. The van der Waals surface area contributed by atoms with Crippen LogP contribution in [-0.4, -0.2) is 51.5 Å². The van der Waals surface area contributed by atoms with Crippen molar-refractivity contribution in [2.24, 2.45) is 0 Å². The van der Waals surface area contributed by atoms with Gasteiger partial charge in [0.25, 0.3) is 0 Å². The Morgan fingerprint density at radius 3 is 2.73 bits per heavy atom. The van der Waals surface area contributed by atoms with E-state index in [4.69, 9.17) is 9.47 Å². The van der Waals surface area contributed by atoms with E-state index in [1.54, 1.807) is 14.2 Å². The maximum Gasteiger partial charge on any atom is 0.0761 e. The van der Waals surface area contributed by atoms with Crippen LogP contribution in [0.2, 0.25) is 0 Å². The summed E-state index contributed by atoms with van der Waals surface area (Å²) in [4.78, 5) is 2.29. The smallest absolute Gasteiger partial charge is 0.0761 e. The molecule has 0 amide bonds. The van der Waals surface area contributed by atoms with Crippen molar-refractivity contribution < 1.29 is 9.47 Å². The zero-order valence-electron chi connectivity index (χ0n) is 7.54. The predicted octanol–water partition coefficient (Wildman–Crippen LogP) is 0.352. The van der Waals surface area contributed by atoms with Gasteiger partial charge in [-0.1, -0.05) is 0 Å². The molecular formula is C8H17NO2. The monoisotopic (exact) mass is 159 g/mol. The van der Waals surface area contributed by atoms with Gasteiger partial charge in [-0.25, -0.2) is 0 Å².